The van der Waals surface area contributed by atoms with E-state index in [9.17, 15) is 4.79 Å². The van der Waals surface area contributed by atoms with E-state index in [2.05, 4.69) is 28.7 Å². The van der Waals surface area contributed by atoms with Crippen LogP contribution in [0.1, 0.15) is 53.3 Å². The highest BCUT2D eigenvalue weighted by atomic mass is 16.6. The smallest absolute Gasteiger partial charge is 0.410 e. The number of piperidine rings is 1. The molecule has 1 aliphatic heterocycles. The zero-order valence-electron chi connectivity index (χ0n) is 15.1. The molecule has 1 aromatic heterocycles. The molecule has 2 rings (SSSR count). The summed E-state index contributed by atoms with van der Waals surface area (Å²) in [6.07, 6.45) is 5.47. The number of carbonyl (C=O) groups excluding carboxylic acids is 1. The Bertz CT molecular complexity index is 525. The predicted molar refractivity (Wildman–Crippen MR) is 90.2 cm³/mol. The van der Waals surface area contributed by atoms with E-state index in [0.717, 1.165) is 44.8 Å². The maximum Gasteiger partial charge on any atom is 0.410 e. The van der Waals surface area contributed by atoms with Crippen LogP contribution in [0.15, 0.2) is 12.4 Å². The summed E-state index contributed by atoms with van der Waals surface area (Å²) >= 11 is 0. The third-order valence-corrected chi connectivity index (χ3v) is 4.33. The lowest BCUT2D eigenvalue weighted by Gasteiger charge is -2.40. The standard InChI is InChI=1S/C17H30N4O2/c1-6-20-12-9-18-14(20)13-19-17(5)7-10-21(11-8-17)15(22)23-16(2,3)4/h9,12,19H,6-8,10-11,13H2,1-5H3. The molecule has 6 nitrogen and oxygen atoms in total. The van der Waals surface area contributed by atoms with Crippen molar-refractivity contribution < 1.29 is 9.53 Å². The number of aromatic nitrogens is 2. The Balaban J connectivity index is 1.84. The normalized spacial score (nSPS) is 18.0. The first-order valence-electron chi connectivity index (χ1n) is 8.45. The molecule has 130 valence electrons. The van der Waals surface area contributed by atoms with Crippen LogP contribution in [0, 0.1) is 0 Å². The molecule has 1 N–H and O–H groups in total. The highest BCUT2D eigenvalue weighted by Crippen LogP contribution is 2.23. The Morgan fingerprint density at radius 2 is 2.04 bits per heavy atom. The van der Waals surface area contributed by atoms with Crippen LogP contribution in [0.25, 0.3) is 0 Å². The van der Waals surface area contributed by atoms with Crippen molar-refractivity contribution in [3.05, 3.63) is 18.2 Å². The number of nitrogens with one attached hydrogen (secondary N) is 1. The summed E-state index contributed by atoms with van der Waals surface area (Å²) in [4.78, 5) is 18.3. The van der Waals surface area contributed by atoms with Crippen molar-refractivity contribution in [2.45, 2.75) is 71.7 Å². The van der Waals surface area contributed by atoms with Crippen molar-refractivity contribution in [1.29, 1.82) is 0 Å². The molecule has 0 bridgehead atoms. The van der Waals surface area contributed by atoms with Crippen LogP contribution < -0.4 is 5.32 Å². The van der Waals surface area contributed by atoms with Gasteiger partial charge in [0.2, 0.25) is 0 Å². The highest BCUT2D eigenvalue weighted by molar-refractivity contribution is 5.68. The summed E-state index contributed by atoms with van der Waals surface area (Å²) < 4.78 is 7.59. The third-order valence-electron chi connectivity index (χ3n) is 4.33. The number of nitrogens with zero attached hydrogens (tertiary/aromatic N) is 3. The maximum absolute atomic E-state index is 12.1. The molecule has 0 saturated carbocycles. The summed E-state index contributed by atoms with van der Waals surface area (Å²) in [5.41, 5.74) is -0.406. The predicted octanol–water partition coefficient (Wildman–Crippen LogP) is 2.78. The number of hydrogen-bond donors (Lipinski definition) is 1. The average molecular weight is 322 g/mol. The second-order valence-corrected chi connectivity index (χ2v) is 7.51. The first-order chi connectivity index (χ1) is 10.7. The van der Waals surface area contributed by atoms with Gasteiger partial charge >= 0.3 is 6.09 Å². The van der Waals surface area contributed by atoms with Gasteiger partial charge in [-0.05, 0) is 47.5 Å². The summed E-state index contributed by atoms with van der Waals surface area (Å²) in [5, 5.41) is 3.62. The van der Waals surface area contributed by atoms with E-state index in [1.165, 1.54) is 0 Å². The fraction of sp³-hybridized carbons (Fsp3) is 0.765. The monoisotopic (exact) mass is 322 g/mol. The third kappa shape index (κ3) is 4.96. The minimum atomic E-state index is -0.437. The number of amides is 1. The molecule has 1 saturated heterocycles. The van der Waals surface area contributed by atoms with Gasteiger partial charge < -0.3 is 19.5 Å². The molecule has 2 heterocycles. The first kappa shape index (κ1) is 17.8. The summed E-state index contributed by atoms with van der Waals surface area (Å²) in [6.45, 7) is 13.2. The van der Waals surface area contributed by atoms with Gasteiger partial charge in [-0.15, -0.1) is 0 Å². The number of imidazole rings is 1. The second-order valence-electron chi connectivity index (χ2n) is 7.51. The summed E-state index contributed by atoms with van der Waals surface area (Å²) in [7, 11) is 0. The van der Waals surface area contributed by atoms with Crippen LogP contribution in [0.4, 0.5) is 4.79 Å². The molecule has 0 radical (unpaired) electrons. The van der Waals surface area contributed by atoms with Gasteiger partial charge in [0, 0.05) is 37.6 Å². The number of ether oxygens (including phenoxy) is 1. The topological polar surface area (TPSA) is 59.4 Å². The Labute approximate surface area is 139 Å². The van der Waals surface area contributed by atoms with Crippen LogP contribution >= 0.6 is 0 Å². The van der Waals surface area contributed by atoms with Gasteiger partial charge in [0.1, 0.15) is 11.4 Å². The van der Waals surface area contributed by atoms with Crippen molar-refractivity contribution >= 4 is 6.09 Å². The fourth-order valence-corrected chi connectivity index (χ4v) is 2.77. The van der Waals surface area contributed by atoms with Gasteiger partial charge in [-0.1, -0.05) is 0 Å². The van der Waals surface area contributed by atoms with Crippen LogP contribution in [0.2, 0.25) is 0 Å². The van der Waals surface area contributed by atoms with Crippen molar-refractivity contribution in [3.8, 4) is 0 Å². The zero-order valence-corrected chi connectivity index (χ0v) is 15.1. The Morgan fingerprint density at radius 3 is 2.61 bits per heavy atom. The van der Waals surface area contributed by atoms with Crippen LogP contribution in [0.5, 0.6) is 0 Å². The number of aryl methyl sites for hydroxylation is 1. The molecule has 1 amide bonds. The highest BCUT2D eigenvalue weighted by Gasteiger charge is 2.33. The molecule has 23 heavy (non-hydrogen) atoms. The van der Waals surface area contributed by atoms with Crippen molar-refractivity contribution in [1.82, 2.24) is 19.8 Å². The van der Waals surface area contributed by atoms with Gasteiger partial charge in [0.25, 0.3) is 0 Å². The van der Waals surface area contributed by atoms with E-state index >= 15 is 0 Å². The molecule has 0 unspecified atom stereocenters. The molecule has 0 spiro atoms. The Morgan fingerprint density at radius 1 is 1.39 bits per heavy atom. The van der Waals surface area contributed by atoms with Gasteiger partial charge in [0.15, 0.2) is 0 Å². The largest absolute Gasteiger partial charge is 0.444 e. The quantitative estimate of drug-likeness (QED) is 0.926. The maximum atomic E-state index is 12.1. The minimum absolute atomic E-state index is 0.0308. The van der Waals surface area contributed by atoms with Crippen molar-refractivity contribution in [2.75, 3.05) is 13.1 Å². The molecule has 0 aliphatic carbocycles. The molecular formula is C17H30N4O2. The van der Waals surface area contributed by atoms with Crippen molar-refractivity contribution in [2.24, 2.45) is 0 Å². The van der Waals surface area contributed by atoms with E-state index in [1.54, 1.807) is 0 Å². The van der Waals surface area contributed by atoms with Gasteiger partial charge in [0.05, 0.1) is 6.54 Å². The lowest BCUT2D eigenvalue weighted by Crippen LogP contribution is -2.53. The van der Waals surface area contributed by atoms with Gasteiger partial charge in [-0.2, -0.15) is 0 Å². The minimum Gasteiger partial charge on any atom is -0.444 e. The lowest BCUT2D eigenvalue weighted by atomic mass is 9.90. The average Bonchev–Trinajstić information content (AvgIpc) is 2.91. The number of carbonyl (C=O) groups is 1. The fourth-order valence-electron chi connectivity index (χ4n) is 2.77. The molecule has 6 heteroatoms. The van der Waals surface area contributed by atoms with E-state index in [1.807, 2.05) is 38.1 Å². The number of hydrogen-bond acceptors (Lipinski definition) is 4. The van der Waals surface area contributed by atoms with Gasteiger partial charge in [-0.25, -0.2) is 9.78 Å². The SMILES string of the molecule is CCn1ccnc1CNC1(C)CCN(C(=O)OC(C)(C)C)CC1. The second kappa shape index (κ2) is 6.91. The molecule has 0 aromatic carbocycles. The first-order valence-corrected chi connectivity index (χ1v) is 8.45. The molecule has 1 aromatic rings. The van der Waals surface area contributed by atoms with Gasteiger partial charge in [-0.3, -0.25) is 0 Å². The zero-order chi connectivity index (χ0) is 17.1. The van der Waals surface area contributed by atoms with E-state index < -0.39 is 5.60 Å². The number of rotatable bonds is 4. The van der Waals surface area contributed by atoms with Crippen molar-refractivity contribution in [3.63, 3.8) is 0 Å². The van der Waals surface area contributed by atoms with Crippen LogP contribution in [0.3, 0.4) is 0 Å². The molecule has 0 atom stereocenters. The van der Waals surface area contributed by atoms with E-state index in [-0.39, 0.29) is 11.6 Å². The lowest BCUT2D eigenvalue weighted by molar-refractivity contribution is 0.0156. The van der Waals surface area contributed by atoms with E-state index in [0.29, 0.717) is 0 Å². The van der Waals surface area contributed by atoms with E-state index in [4.69, 9.17) is 4.74 Å². The summed E-state index contributed by atoms with van der Waals surface area (Å²) in [6, 6.07) is 0. The van der Waals surface area contributed by atoms with Crippen LogP contribution in [-0.2, 0) is 17.8 Å². The Hall–Kier alpha value is -1.56. The summed E-state index contributed by atoms with van der Waals surface area (Å²) in [5.74, 6) is 1.06. The molecule has 1 aliphatic rings. The van der Waals surface area contributed by atoms with Crippen LogP contribution in [-0.4, -0.2) is 44.8 Å². The number of likely N-dealkylation sites (tertiary alicyclic amines) is 1. The molecular weight excluding hydrogens is 292 g/mol. The molecule has 1 fully saturated rings. The Kier molecular flexibility index (Phi) is 5.34.